The van der Waals surface area contributed by atoms with Crippen molar-refractivity contribution in [3.8, 4) is 6.07 Å². The zero-order valence-electron chi connectivity index (χ0n) is 9.11. The summed E-state index contributed by atoms with van der Waals surface area (Å²) in [5, 5.41) is 12.1. The molecule has 4 nitrogen and oxygen atoms in total. The van der Waals surface area contributed by atoms with Crippen LogP contribution < -0.4 is 5.32 Å². The first kappa shape index (κ1) is 11.6. The minimum absolute atomic E-state index is 0.426. The van der Waals surface area contributed by atoms with Gasteiger partial charge in [0, 0.05) is 10.2 Å². The summed E-state index contributed by atoms with van der Waals surface area (Å²) >= 11 is 3.39. The minimum atomic E-state index is 0.426. The molecular weight excluding hydrogens is 280 g/mol. The summed E-state index contributed by atoms with van der Waals surface area (Å²) in [4.78, 5) is 8.20. The molecule has 0 bridgehead atoms. The predicted molar refractivity (Wildman–Crippen MR) is 68.9 cm³/mol. The van der Waals surface area contributed by atoms with Crippen LogP contribution in [-0.2, 0) is 0 Å². The third-order valence-corrected chi connectivity index (χ3v) is 2.61. The van der Waals surface area contributed by atoms with E-state index in [2.05, 4.69) is 37.3 Å². The van der Waals surface area contributed by atoms with Gasteiger partial charge in [0.05, 0.1) is 6.20 Å². The largest absolute Gasteiger partial charge is 0.339 e. The number of benzene rings is 1. The van der Waals surface area contributed by atoms with Crippen LogP contribution in [0.25, 0.3) is 0 Å². The van der Waals surface area contributed by atoms with Gasteiger partial charge < -0.3 is 5.32 Å². The Morgan fingerprint density at radius 3 is 2.94 bits per heavy atom. The lowest BCUT2D eigenvalue weighted by Crippen LogP contribution is -2.00. The summed E-state index contributed by atoms with van der Waals surface area (Å²) < 4.78 is 0.965. The lowest BCUT2D eigenvalue weighted by molar-refractivity contribution is 1.05. The van der Waals surface area contributed by atoms with Crippen molar-refractivity contribution < 1.29 is 0 Å². The molecule has 17 heavy (non-hydrogen) atoms. The smallest absolute Gasteiger partial charge is 0.152 e. The fraction of sp³-hybridized carbons (Fsp3) is 0.0833. The molecule has 0 aliphatic rings. The van der Waals surface area contributed by atoms with Crippen molar-refractivity contribution in [2.45, 2.75) is 6.92 Å². The topological polar surface area (TPSA) is 61.6 Å². The molecule has 0 unspecified atom stereocenters. The Bertz CT molecular complexity index is 589. The van der Waals surface area contributed by atoms with Crippen molar-refractivity contribution >= 4 is 27.4 Å². The van der Waals surface area contributed by atoms with Crippen molar-refractivity contribution in [3.05, 3.63) is 46.3 Å². The number of aryl methyl sites for hydroxylation is 1. The molecule has 1 aromatic carbocycles. The van der Waals surface area contributed by atoms with E-state index in [1.807, 2.05) is 24.3 Å². The zero-order chi connectivity index (χ0) is 12.3. The molecule has 0 aliphatic heterocycles. The molecule has 2 rings (SSSR count). The Morgan fingerprint density at radius 1 is 1.41 bits per heavy atom. The van der Waals surface area contributed by atoms with Crippen molar-refractivity contribution in [3.63, 3.8) is 0 Å². The van der Waals surface area contributed by atoms with E-state index < -0.39 is 0 Å². The number of hydrogen-bond donors (Lipinski definition) is 1. The van der Waals surface area contributed by atoms with Gasteiger partial charge in [0.1, 0.15) is 17.5 Å². The molecular formula is C12H9BrN4. The Labute approximate surface area is 107 Å². The highest BCUT2D eigenvalue weighted by Crippen LogP contribution is 2.21. The monoisotopic (exact) mass is 288 g/mol. The second-order valence-corrected chi connectivity index (χ2v) is 4.34. The van der Waals surface area contributed by atoms with Gasteiger partial charge in [0.2, 0.25) is 0 Å². The van der Waals surface area contributed by atoms with Crippen LogP contribution in [0.1, 0.15) is 11.4 Å². The first-order chi connectivity index (χ1) is 8.19. The Balaban J connectivity index is 2.36. The number of aromatic nitrogens is 2. The van der Waals surface area contributed by atoms with E-state index in [1.54, 1.807) is 6.92 Å². The van der Waals surface area contributed by atoms with Gasteiger partial charge in [-0.25, -0.2) is 9.97 Å². The van der Waals surface area contributed by atoms with Crippen LogP contribution in [0.2, 0.25) is 0 Å². The maximum atomic E-state index is 8.96. The van der Waals surface area contributed by atoms with Crippen molar-refractivity contribution in [1.82, 2.24) is 9.97 Å². The molecule has 0 saturated carbocycles. The van der Waals surface area contributed by atoms with E-state index in [-0.39, 0.29) is 0 Å². The van der Waals surface area contributed by atoms with Crippen molar-refractivity contribution in [2.75, 3.05) is 5.32 Å². The van der Waals surface area contributed by atoms with Gasteiger partial charge >= 0.3 is 0 Å². The third kappa shape index (κ3) is 2.80. The highest BCUT2D eigenvalue weighted by Gasteiger charge is 2.05. The standard InChI is InChI=1S/C12H9BrN4/c1-8-15-7-9(6-14)12(16-8)17-11-4-2-3-10(13)5-11/h2-5,7H,1H3,(H,15,16,17). The van der Waals surface area contributed by atoms with Gasteiger partial charge in [-0.3, -0.25) is 0 Å². The first-order valence-electron chi connectivity index (χ1n) is 4.95. The van der Waals surface area contributed by atoms with Crippen LogP contribution >= 0.6 is 15.9 Å². The molecule has 84 valence electrons. The highest BCUT2D eigenvalue weighted by molar-refractivity contribution is 9.10. The van der Waals surface area contributed by atoms with Gasteiger partial charge in [-0.15, -0.1) is 0 Å². The second-order valence-electron chi connectivity index (χ2n) is 3.43. The van der Waals surface area contributed by atoms with Crippen molar-refractivity contribution in [1.29, 1.82) is 5.26 Å². The summed E-state index contributed by atoms with van der Waals surface area (Å²) in [7, 11) is 0. The zero-order valence-corrected chi connectivity index (χ0v) is 10.7. The fourth-order valence-electron chi connectivity index (χ4n) is 1.35. The third-order valence-electron chi connectivity index (χ3n) is 2.12. The lowest BCUT2D eigenvalue weighted by Gasteiger charge is -2.07. The van der Waals surface area contributed by atoms with E-state index in [9.17, 15) is 0 Å². The SMILES string of the molecule is Cc1ncc(C#N)c(Nc2cccc(Br)c2)n1. The predicted octanol–water partition coefficient (Wildman–Crippen LogP) is 3.16. The average Bonchev–Trinajstić information content (AvgIpc) is 2.29. The van der Waals surface area contributed by atoms with Gasteiger partial charge in [0.25, 0.3) is 0 Å². The fourth-order valence-corrected chi connectivity index (χ4v) is 1.75. The first-order valence-corrected chi connectivity index (χ1v) is 5.74. The van der Waals surface area contributed by atoms with Crippen molar-refractivity contribution in [2.24, 2.45) is 0 Å². The molecule has 1 N–H and O–H groups in total. The summed E-state index contributed by atoms with van der Waals surface area (Å²) in [6.45, 7) is 1.78. The number of nitrogens with one attached hydrogen (secondary N) is 1. The molecule has 0 atom stereocenters. The molecule has 1 heterocycles. The molecule has 0 spiro atoms. The van der Waals surface area contributed by atoms with E-state index in [1.165, 1.54) is 6.20 Å². The second kappa shape index (κ2) is 4.93. The molecule has 1 aromatic heterocycles. The van der Waals surface area contributed by atoms with E-state index in [0.29, 0.717) is 17.2 Å². The summed E-state index contributed by atoms with van der Waals surface area (Å²) in [5.41, 5.74) is 1.30. The van der Waals surface area contributed by atoms with Crippen LogP contribution in [-0.4, -0.2) is 9.97 Å². The van der Waals surface area contributed by atoms with E-state index in [0.717, 1.165) is 10.2 Å². The highest BCUT2D eigenvalue weighted by atomic mass is 79.9. The number of anilines is 2. The van der Waals surface area contributed by atoms with Crippen LogP contribution in [0.4, 0.5) is 11.5 Å². The van der Waals surface area contributed by atoms with Crippen LogP contribution in [0.3, 0.4) is 0 Å². The number of halogens is 1. The lowest BCUT2D eigenvalue weighted by atomic mass is 10.3. The van der Waals surface area contributed by atoms with Crippen LogP contribution in [0.5, 0.6) is 0 Å². The Kier molecular flexibility index (Phi) is 3.35. The summed E-state index contributed by atoms with van der Waals surface area (Å²) in [6.07, 6.45) is 1.52. The van der Waals surface area contributed by atoms with Gasteiger partial charge in [0.15, 0.2) is 5.82 Å². The molecule has 0 aliphatic carbocycles. The number of nitrogens with zero attached hydrogens (tertiary/aromatic N) is 3. The number of nitriles is 1. The van der Waals surface area contributed by atoms with Crippen LogP contribution in [0, 0.1) is 18.3 Å². The van der Waals surface area contributed by atoms with Gasteiger partial charge in [-0.05, 0) is 25.1 Å². The van der Waals surface area contributed by atoms with E-state index in [4.69, 9.17) is 5.26 Å². The maximum Gasteiger partial charge on any atom is 0.152 e. The molecule has 5 heteroatoms. The average molecular weight is 289 g/mol. The molecule has 0 fully saturated rings. The molecule has 0 saturated heterocycles. The summed E-state index contributed by atoms with van der Waals surface area (Å²) in [5.74, 6) is 1.15. The maximum absolute atomic E-state index is 8.96. The van der Waals surface area contributed by atoms with Crippen LogP contribution in [0.15, 0.2) is 34.9 Å². The number of hydrogen-bond acceptors (Lipinski definition) is 4. The quantitative estimate of drug-likeness (QED) is 0.922. The Hall–Kier alpha value is -1.93. The van der Waals surface area contributed by atoms with Gasteiger partial charge in [-0.1, -0.05) is 22.0 Å². The molecule has 2 aromatic rings. The number of rotatable bonds is 2. The van der Waals surface area contributed by atoms with Gasteiger partial charge in [-0.2, -0.15) is 5.26 Å². The normalized spacial score (nSPS) is 9.71. The minimum Gasteiger partial charge on any atom is -0.339 e. The molecule has 0 amide bonds. The Morgan fingerprint density at radius 2 is 2.24 bits per heavy atom. The molecule has 0 radical (unpaired) electrons. The summed E-state index contributed by atoms with van der Waals surface area (Å²) in [6, 6.07) is 9.72. The van der Waals surface area contributed by atoms with E-state index >= 15 is 0 Å².